The van der Waals surface area contributed by atoms with Crippen LogP contribution >= 0.6 is 0 Å². The van der Waals surface area contributed by atoms with Gasteiger partial charge in [0.1, 0.15) is 11.4 Å². The van der Waals surface area contributed by atoms with Gasteiger partial charge in [-0.3, -0.25) is 0 Å². The van der Waals surface area contributed by atoms with Crippen LogP contribution < -0.4 is 9.64 Å². The zero-order valence-electron chi connectivity index (χ0n) is 23.1. The molecule has 0 amide bonds. The zero-order chi connectivity index (χ0) is 27.6. The summed E-state index contributed by atoms with van der Waals surface area (Å²) >= 11 is 0. The van der Waals surface area contributed by atoms with Gasteiger partial charge in [-0.15, -0.1) is 0 Å². The maximum absolute atomic E-state index is 6.67. The van der Waals surface area contributed by atoms with E-state index in [1.165, 1.54) is 44.5 Å². The molecule has 41 heavy (non-hydrogen) atoms. The second-order valence-corrected chi connectivity index (χ2v) is 11.3. The van der Waals surface area contributed by atoms with E-state index in [2.05, 4.69) is 152 Å². The van der Waals surface area contributed by atoms with E-state index in [0.717, 1.165) is 28.4 Å². The molecular weight excluding hydrogens is 498 g/mol. The maximum atomic E-state index is 6.67. The molecular formula is C39H29NO. The molecule has 2 aliphatic rings. The lowest BCUT2D eigenvalue weighted by atomic mass is 9.81. The van der Waals surface area contributed by atoms with Crippen molar-refractivity contribution in [1.82, 2.24) is 0 Å². The summed E-state index contributed by atoms with van der Waals surface area (Å²) in [6.45, 7) is 4.30. The van der Waals surface area contributed by atoms with E-state index >= 15 is 0 Å². The summed E-state index contributed by atoms with van der Waals surface area (Å²) in [5.41, 5.74) is 13.9. The molecule has 8 rings (SSSR count). The third-order valence-electron chi connectivity index (χ3n) is 8.47. The fourth-order valence-electron chi connectivity index (χ4n) is 6.63. The van der Waals surface area contributed by atoms with Crippen LogP contribution in [-0.2, 0) is 5.60 Å². The van der Waals surface area contributed by atoms with Crippen molar-refractivity contribution in [3.8, 4) is 50.3 Å². The molecule has 0 N–H and O–H groups in total. The molecule has 2 nitrogen and oxygen atoms in total. The average molecular weight is 528 g/mol. The van der Waals surface area contributed by atoms with Crippen LogP contribution in [0.5, 0.6) is 5.75 Å². The number of fused-ring (bicyclic) bond motifs is 10. The Bertz CT molecular complexity index is 1960. The summed E-state index contributed by atoms with van der Waals surface area (Å²) in [7, 11) is 0. The molecule has 0 fully saturated rings. The van der Waals surface area contributed by atoms with Crippen molar-refractivity contribution in [2.75, 3.05) is 4.90 Å². The van der Waals surface area contributed by atoms with Crippen molar-refractivity contribution in [3.05, 3.63) is 145 Å². The fraction of sp³-hybridized carbons (Fsp3) is 0.0769. The fourth-order valence-corrected chi connectivity index (χ4v) is 6.63. The highest BCUT2D eigenvalue weighted by Crippen LogP contribution is 2.52. The Morgan fingerprint density at radius 3 is 1.46 bits per heavy atom. The van der Waals surface area contributed by atoms with Gasteiger partial charge in [0.05, 0.1) is 11.4 Å². The molecule has 1 aliphatic heterocycles. The number of nitrogens with zero attached hydrogens (tertiary/aromatic N) is 1. The van der Waals surface area contributed by atoms with Gasteiger partial charge in [0, 0.05) is 11.3 Å². The number of anilines is 3. The van der Waals surface area contributed by atoms with Crippen LogP contribution in [-0.4, -0.2) is 0 Å². The summed E-state index contributed by atoms with van der Waals surface area (Å²) in [5, 5.41) is 0. The van der Waals surface area contributed by atoms with Crippen LogP contribution in [0.3, 0.4) is 0 Å². The highest BCUT2D eigenvalue weighted by Gasteiger charge is 2.34. The lowest BCUT2D eigenvalue weighted by molar-refractivity contribution is 0.112. The first kappa shape index (κ1) is 23.8. The van der Waals surface area contributed by atoms with Crippen LogP contribution in [0.4, 0.5) is 17.1 Å². The summed E-state index contributed by atoms with van der Waals surface area (Å²) < 4.78 is 6.67. The topological polar surface area (TPSA) is 12.5 Å². The molecule has 0 unspecified atom stereocenters. The molecule has 6 aromatic carbocycles. The van der Waals surface area contributed by atoms with Crippen molar-refractivity contribution < 1.29 is 4.74 Å². The third-order valence-corrected chi connectivity index (χ3v) is 8.47. The summed E-state index contributed by atoms with van der Waals surface area (Å²) in [4.78, 5) is 2.36. The van der Waals surface area contributed by atoms with Gasteiger partial charge in [-0.25, -0.2) is 0 Å². The Hall–Kier alpha value is -5.08. The second kappa shape index (κ2) is 8.97. The summed E-state index contributed by atoms with van der Waals surface area (Å²) in [6, 6.07) is 50.3. The lowest BCUT2D eigenvalue weighted by Gasteiger charge is -2.29. The highest BCUT2D eigenvalue weighted by molar-refractivity contribution is 6.04. The van der Waals surface area contributed by atoms with Gasteiger partial charge in [-0.2, -0.15) is 0 Å². The van der Waals surface area contributed by atoms with Gasteiger partial charge in [0.15, 0.2) is 0 Å². The van der Waals surface area contributed by atoms with E-state index in [0.29, 0.717) is 0 Å². The first-order chi connectivity index (χ1) is 20.1. The van der Waals surface area contributed by atoms with Gasteiger partial charge in [0.25, 0.3) is 0 Å². The van der Waals surface area contributed by atoms with Gasteiger partial charge < -0.3 is 9.64 Å². The first-order valence-electron chi connectivity index (χ1n) is 14.2. The first-order valence-corrected chi connectivity index (χ1v) is 14.2. The van der Waals surface area contributed by atoms with E-state index in [-0.39, 0.29) is 0 Å². The Morgan fingerprint density at radius 2 is 0.878 bits per heavy atom. The molecule has 0 atom stereocenters. The van der Waals surface area contributed by atoms with Gasteiger partial charge >= 0.3 is 0 Å². The van der Waals surface area contributed by atoms with Gasteiger partial charge in [-0.05, 0) is 88.7 Å². The average Bonchev–Trinajstić information content (AvgIpc) is 3.11. The number of rotatable bonds is 1. The van der Waals surface area contributed by atoms with Gasteiger partial charge in [0.2, 0.25) is 0 Å². The molecule has 6 aromatic rings. The van der Waals surface area contributed by atoms with Crippen LogP contribution in [0.1, 0.15) is 19.4 Å². The number of ether oxygens (including phenoxy) is 1. The van der Waals surface area contributed by atoms with E-state index in [4.69, 9.17) is 4.74 Å². The molecule has 1 heterocycles. The predicted molar refractivity (Wildman–Crippen MR) is 170 cm³/mol. The Balaban J connectivity index is 1.44. The molecule has 0 saturated heterocycles. The summed E-state index contributed by atoms with van der Waals surface area (Å²) in [6.07, 6.45) is 0. The minimum atomic E-state index is -0.486. The van der Waals surface area contributed by atoms with Crippen LogP contribution in [0, 0.1) is 0 Å². The SMILES string of the molecule is CC1(C)Oc2ccccc2N(c2ccc3c(c2)-c2ccccc2-c2ccccc2-c2ccccc2-3)c2ccccc21. The minimum Gasteiger partial charge on any atom is -0.481 e. The predicted octanol–water partition coefficient (Wildman–Crippen LogP) is 10.8. The van der Waals surface area contributed by atoms with Crippen LogP contribution in [0.15, 0.2) is 140 Å². The largest absolute Gasteiger partial charge is 0.481 e. The zero-order valence-corrected chi connectivity index (χ0v) is 23.1. The normalized spacial score (nSPS) is 14.0. The Kier molecular flexibility index (Phi) is 5.20. The standard InChI is InChI=1S/C39H29NO/c1-39(2)35-19-9-10-20-36(35)40(37-21-11-12-22-38(37)41-39)26-23-24-33-31-17-6-5-15-29(31)27-13-3-4-14-28(27)30-16-7-8-18-32(30)34(33)25-26/h3-25H,1-2H3. The minimum absolute atomic E-state index is 0.486. The smallest absolute Gasteiger partial charge is 0.144 e. The maximum Gasteiger partial charge on any atom is 0.144 e. The Labute approximate surface area is 241 Å². The number of para-hydroxylation sites is 3. The Morgan fingerprint density at radius 1 is 0.439 bits per heavy atom. The van der Waals surface area contributed by atoms with Gasteiger partial charge in [-0.1, -0.05) is 109 Å². The molecule has 2 heteroatoms. The number of hydrogen-bond donors (Lipinski definition) is 0. The molecule has 0 aromatic heterocycles. The van der Waals surface area contributed by atoms with Crippen LogP contribution in [0.2, 0.25) is 0 Å². The highest BCUT2D eigenvalue weighted by atomic mass is 16.5. The van der Waals surface area contributed by atoms with Crippen molar-refractivity contribution in [1.29, 1.82) is 0 Å². The number of benzene rings is 6. The van der Waals surface area contributed by atoms with E-state index in [9.17, 15) is 0 Å². The molecule has 1 aliphatic carbocycles. The molecule has 196 valence electrons. The monoisotopic (exact) mass is 527 g/mol. The van der Waals surface area contributed by atoms with Crippen molar-refractivity contribution in [3.63, 3.8) is 0 Å². The quantitative estimate of drug-likeness (QED) is 0.210. The van der Waals surface area contributed by atoms with Crippen molar-refractivity contribution >= 4 is 17.1 Å². The second-order valence-electron chi connectivity index (χ2n) is 11.3. The molecule has 0 saturated carbocycles. The molecule has 0 spiro atoms. The van der Waals surface area contributed by atoms with Crippen LogP contribution in [0.25, 0.3) is 44.5 Å². The molecule has 0 radical (unpaired) electrons. The summed E-state index contributed by atoms with van der Waals surface area (Å²) in [5.74, 6) is 0.875. The van der Waals surface area contributed by atoms with E-state index in [1.807, 2.05) is 6.07 Å². The lowest BCUT2D eigenvalue weighted by Crippen LogP contribution is -2.25. The van der Waals surface area contributed by atoms with Crippen molar-refractivity contribution in [2.24, 2.45) is 0 Å². The third kappa shape index (κ3) is 3.64. The molecule has 0 bridgehead atoms. The number of hydrogen-bond acceptors (Lipinski definition) is 2. The van der Waals surface area contributed by atoms with Crippen molar-refractivity contribution in [2.45, 2.75) is 19.4 Å². The van der Waals surface area contributed by atoms with E-state index in [1.54, 1.807) is 0 Å². The van der Waals surface area contributed by atoms with E-state index < -0.39 is 5.60 Å².